The fourth-order valence-corrected chi connectivity index (χ4v) is 2.95. The highest BCUT2D eigenvalue weighted by Gasteiger charge is 2.18. The van der Waals surface area contributed by atoms with Gasteiger partial charge in [0, 0.05) is 17.7 Å². The van der Waals surface area contributed by atoms with Crippen molar-refractivity contribution in [1.82, 2.24) is 0 Å². The quantitative estimate of drug-likeness (QED) is 0.825. The zero-order valence-corrected chi connectivity index (χ0v) is 12.3. The SMILES string of the molecule is COc1cc2c(cc1Br)CCN=C2c1ccccc1. The summed E-state index contributed by atoms with van der Waals surface area (Å²) in [6.07, 6.45) is 0.980. The summed E-state index contributed by atoms with van der Waals surface area (Å²) in [5, 5.41) is 0. The summed E-state index contributed by atoms with van der Waals surface area (Å²) in [5.41, 5.74) is 4.72. The van der Waals surface area contributed by atoms with Gasteiger partial charge in [-0.25, -0.2) is 0 Å². The lowest BCUT2D eigenvalue weighted by molar-refractivity contribution is 0.412. The molecule has 0 spiro atoms. The first kappa shape index (κ1) is 12.4. The van der Waals surface area contributed by atoms with E-state index >= 15 is 0 Å². The van der Waals surface area contributed by atoms with Crippen LogP contribution in [-0.4, -0.2) is 19.4 Å². The van der Waals surface area contributed by atoms with Gasteiger partial charge < -0.3 is 4.74 Å². The fourth-order valence-electron chi connectivity index (χ4n) is 2.39. The van der Waals surface area contributed by atoms with Gasteiger partial charge in [-0.05, 0) is 40.0 Å². The van der Waals surface area contributed by atoms with Crippen LogP contribution in [0.5, 0.6) is 5.75 Å². The summed E-state index contributed by atoms with van der Waals surface area (Å²) >= 11 is 3.55. The minimum atomic E-state index is 0.843. The van der Waals surface area contributed by atoms with Crippen molar-refractivity contribution in [2.45, 2.75) is 6.42 Å². The van der Waals surface area contributed by atoms with Crippen molar-refractivity contribution in [2.75, 3.05) is 13.7 Å². The zero-order chi connectivity index (χ0) is 13.2. The van der Waals surface area contributed by atoms with E-state index in [0.29, 0.717) is 0 Å². The second kappa shape index (κ2) is 5.17. The van der Waals surface area contributed by atoms with E-state index in [0.717, 1.165) is 34.5 Å². The highest BCUT2D eigenvalue weighted by molar-refractivity contribution is 9.10. The Morgan fingerprint density at radius 3 is 2.68 bits per heavy atom. The van der Waals surface area contributed by atoms with Crippen LogP contribution in [0.4, 0.5) is 0 Å². The third-order valence-corrected chi connectivity index (χ3v) is 3.95. The molecule has 2 nitrogen and oxygen atoms in total. The maximum Gasteiger partial charge on any atom is 0.133 e. The lowest BCUT2D eigenvalue weighted by Gasteiger charge is -2.19. The molecule has 19 heavy (non-hydrogen) atoms. The number of halogens is 1. The van der Waals surface area contributed by atoms with Gasteiger partial charge in [-0.2, -0.15) is 0 Å². The molecule has 3 rings (SSSR count). The lowest BCUT2D eigenvalue weighted by atomic mass is 9.93. The molecular weight excluding hydrogens is 302 g/mol. The molecule has 1 heterocycles. The first-order valence-corrected chi connectivity index (χ1v) is 7.05. The smallest absolute Gasteiger partial charge is 0.133 e. The van der Waals surface area contributed by atoms with Crippen molar-refractivity contribution in [3.8, 4) is 5.75 Å². The first-order chi connectivity index (χ1) is 9.29. The highest BCUT2D eigenvalue weighted by atomic mass is 79.9. The Morgan fingerprint density at radius 1 is 1.16 bits per heavy atom. The van der Waals surface area contributed by atoms with Crippen molar-refractivity contribution in [3.05, 3.63) is 63.6 Å². The molecule has 0 saturated heterocycles. The van der Waals surface area contributed by atoms with Crippen LogP contribution in [0.1, 0.15) is 16.7 Å². The average molecular weight is 316 g/mol. The van der Waals surface area contributed by atoms with E-state index in [9.17, 15) is 0 Å². The predicted octanol–water partition coefficient (Wildman–Crippen LogP) is 3.85. The molecule has 3 heteroatoms. The van der Waals surface area contributed by atoms with Crippen molar-refractivity contribution < 1.29 is 4.74 Å². The van der Waals surface area contributed by atoms with Crippen molar-refractivity contribution >= 4 is 21.6 Å². The monoisotopic (exact) mass is 315 g/mol. The highest BCUT2D eigenvalue weighted by Crippen LogP contribution is 2.31. The first-order valence-electron chi connectivity index (χ1n) is 6.26. The van der Waals surface area contributed by atoms with Crippen molar-refractivity contribution in [1.29, 1.82) is 0 Å². The molecular formula is C16H14BrNO. The van der Waals surface area contributed by atoms with Gasteiger partial charge in [0.25, 0.3) is 0 Å². The Kier molecular flexibility index (Phi) is 3.38. The summed E-state index contributed by atoms with van der Waals surface area (Å²) in [4.78, 5) is 4.69. The Labute approximate surface area is 121 Å². The normalized spacial score (nSPS) is 13.7. The maximum absolute atomic E-state index is 5.39. The standard InChI is InChI=1S/C16H14BrNO/c1-19-15-10-13-12(9-14(15)17)7-8-18-16(13)11-5-3-2-4-6-11/h2-6,9-10H,7-8H2,1H3. The van der Waals surface area contributed by atoms with E-state index in [1.165, 1.54) is 11.1 Å². The van der Waals surface area contributed by atoms with Crippen LogP contribution in [0.2, 0.25) is 0 Å². The van der Waals surface area contributed by atoms with Crippen LogP contribution in [0.3, 0.4) is 0 Å². The third-order valence-electron chi connectivity index (χ3n) is 3.33. The lowest BCUT2D eigenvalue weighted by Crippen LogP contribution is -2.14. The molecule has 0 N–H and O–H groups in total. The Morgan fingerprint density at radius 2 is 1.95 bits per heavy atom. The minimum Gasteiger partial charge on any atom is -0.496 e. The minimum absolute atomic E-state index is 0.843. The van der Waals surface area contributed by atoms with Crippen LogP contribution in [0.15, 0.2) is 51.9 Å². The Bertz CT molecular complexity index is 635. The molecule has 2 aromatic rings. The summed E-state index contributed by atoms with van der Waals surface area (Å²) in [7, 11) is 1.69. The van der Waals surface area contributed by atoms with E-state index in [2.05, 4.69) is 40.2 Å². The number of hydrogen-bond donors (Lipinski definition) is 0. The molecule has 0 bridgehead atoms. The Balaban J connectivity index is 2.14. The summed E-state index contributed by atoms with van der Waals surface area (Å²) in [6, 6.07) is 14.5. The molecule has 0 atom stereocenters. The molecule has 2 aromatic carbocycles. The molecule has 0 saturated carbocycles. The number of nitrogens with zero attached hydrogens (tertiary/aromatic N) is 1. The summed E-state index contributed by atoms with van der Waals surface area (Å²) in [6.45, 7) is 0.843. The average Bonchev–Trinajstić information content (AvgIpc) is 2.46. The summed E-state index contributed by atoms with van der Waals surface area (Å²) < 4.78 is 6.40. The van der Waals surface area contributed by atoms with E-state index in [-0.39, 0.29) is 0 Å². The molecule has 0 aliphatic carbocycles. The van der Waals surface area contributed by atoms with E-state index in [1.54, 1.807) is 7.11 Å². The molecule has 0 fully saturated rings. The second-order valence-corrected chi connectivity index (χ2v) is 5.34. The molecule has 0 unspecified atom stereocenters. The van der Waals surface area contributed by atoms with Gasteiger partial charge in [-0.3, -0.25) is 4.99 Å². The maximum atomic E-state index is 5.39. The van der Waals surface area contributed by atoms with Crippen molar-refractivity contribution in [2.24, 2.45) is 4.99 Å². The number of methoxy groups -OCH3 is 1. The van der Waals surface area contributed by atoms with E-state index in [1.807, 2.05) is 18.2 Å². The van der Waals surface area contributed by atoms with Crippen molar-refractivity contribution in [3.63, 3.8) is 0 Å². The predicted molar refractivity (Wildman–Crippen MR) is 81.3 cm³/mol. The Hall–Kier alpha value is -1.61. The number of fused-ring (bicyclic) bond motifs is 1. The molecule has 0 radical (unpaired) electrons. The second-order valence-electron chi connectivity index (χ2n) is 4.49. The van der Waals surface area contributed by atoms with E-state index < -0.39 is 0 Å². The van der Waals surface area contributed by atoms with Crippen LogP contribution in [-0.2, 0) is 6.42 Å². The number of benzene rings is 2. The van der Waals surface area contributed by atoms with Crippen LogP contribution in [0.25, 0.3) is 0 Å². The molecule has 96 valence electrons. The summed E-state index contributed by atoms with van der Waals surface area (Å²) in [5.74, 6) is 0.851. The van der Waals surface area contributed by atoms with E-state index in [4.69, 9.17) is 9.73 Å². The fraction of sp³-hybridized carbons (Fsp3) is 0.188. The third kappa shape index (κ3) is 2.30. The largest absolute Gasteiger partial charge is 0.496 e. The van der Waals surface area contributed by atoms with Gasteiger partial charge in [-0.1, -0.05) is 30.3 Å². The van der Waals surface area contributed by atoms with Gasteiger partial charge in [-0.15, -0.1) is 0 Å². The van der Waals surface area contributed by atoms with Gasteiger partial charge in [0.05, 0.1) is 17.3 Å². The molecule has 0 aromatic heterocycles. The van der Waals surface area contributed by atoms with Crippen LogP contribution >= 0.6 is 15.9 Å². The topological polar surface area (TPSA) is 21.6 Å². The number of hydrogen-bond acceptors (Lipinski definition) is 2. The zero-order valence-electron chi connectivity index (χ0n) is 10.7. The molecule has 1 aliphatic rings. The van der Waals surface area contributed by atoms with Crippen LogP contribution in [0, 0.1) is 0 Å². The van der Waals surface area contributed by atoms with Gasteiger partial charge >= 0.3 is 0 Å². The van der Waals surface area contributed by atoms with Crippen LogP contribution < -0.4 is 4.74 Å². The van der Waals surface area contributed by atoms with Gasteiger partial charge in [0.1, 0.15) is 5.75 Å². The van der Waals surface area contributed by atoms with Gasteiger partial charge in [0.2, 0.25) is 0 Å². The number of aliphatic imine (C=N–C) groups is 1. The van der Waals surface area contributed by atoms with Gasteiger partial charge in [0.15, 0.2) is 0 Å². The number of ether oxygens (including phenoxy) is 1. The molecule has 0 amide bonds. The number of rotatable bonds is 2. The molecule has 1 aliphatic heterocycles.